The van der Waals surface area contributed by atoms with E-state index in [1.165, 1.54) is 0 Å². The molecule has 0 saturated carbocycles. The summed E-state index contributed by atoms with van der Waals surface area (Å²) < 4.78 is 31.6. The molecule has 1 rings (SSSR count). The van der Waals surface area contributed by atoms with Gasteiger partial charge >= 0.3 is 10.4 Å². The van der Waals surface area contributed by atoms with Gasteiger partial charge in [-0.05, 0) is 12.1 Å². The van der Waals surface area contributed by atoms with Crippen LogP contribution in [-0.2, 0) is 10.4 Å². The fourth-order valence-corrected chi connectivity index (χ4v) is 1.14. The molecule has 0 radical (unpaired) electrons. The first kappa shape index (κ1) is 18.7. The van der Waals surface area contributed by atoms with E-state index >= 15 is 0 Å². The lowest BCUT2D eigenvalue weighted by atomic mass is 10.3. The summed E-state index contributed by atoms with van der Waals surface area (Å²) in [5.74, 6) is 0. The van der Waals surface area contributed by atoms with Gasteiger partial charge in [-0.15, -0.1) is 0 Å². The fourth-order valence-electron chi connectivity index (χ4n) is 1.14. The van der Waals surface area contributed by atoms with E-state index in [4.69, 9.17) is 27.7 Å². The van der Waals surface area contributed by atoms with Gasteiger partial charge in [-0.2, -0.15) is 8.42 Å². The molecule has 1 aromatic rings. The monoisotopic (exact) mass is 309 g/mol. The van der Waals surface area contributed by atoms with Crippen LogP contribution in [0.15, 0.2) is 30.3 Å². The van der Waals surface area contributed by atoms with Crippen LogP contribution in [0, 0.1) is 0 Å². The van der Waals surface area contributed by atoms with Crippen molar-refractivity contribution in [2.45, 2.75) is 0 Å². The standard InChI is InChI=1S/C10H17N3O2.H2O4S/c14-8-6-11-13(12-7-9-15)10-4-2-1-3-5-10;1-5(2,3)4/h1-5,11-12,14-15H,6-9H2;(H2,1,2,3,4). The van der Waals surface area contributed by atoms with Crippen molar-refractivity contribution in [2.75, 3.05) is 31.4 Å². The number of rotatable bonds is 7. The second-order valence-electron chi connectivity index (χ2n) is 3.38. The number of para-hydroxylation sites is 1. The lowest BCUT2D eigenvalue weighted by molar-refractivity contribution is 0.272. The van der Waals surface area contributed by atoms with E-state index in [0.717, 1.165) is 5.69 Å². The zero-order chi connectivity index (χ0) is 15.4. The molecular weight excluding hydrogens is 290 g/mol. The quantitative estimate of drug-likeness (QED) is 0.271. The summed E-state index contributed by atoms with van der Waals surface area (Å²) in [4.78, 5) is 0. The molecule has 0 amide bonds. The number of aliphatic hydroxyl groups excluding tert-OH is 2. The average Bonchev–Trinajstić information content (AvgIpc) is 2.38. The SMILES string of the molecule is O=S(=O)(O)O.OCCNN(NCCO)c1ccccc1. The molecule has 0 heterocycles. The summed E-state index contributed by atoms with van der Waals surface area (Å²) in [6, 6.07) is 9.62. The first-order chi connectivity index (χ1) is 9.38. The Kier molecular flexibility index (Phi) is 9.84. The normalized spacial score (nSPS) is 10.6. The van der Waals surface area contributed by atoms with E-state index in [1.54, 1.807) is 5.12 Å². The maximum atomic E-state index is 8.74. The summed E-state index contributed by atoms with van der Waals surface area (Å²) in [7, 11) is -4.67. The first-order valence-corrected chi connectivity index (χ1v) is 7.02. The molecule has 0 aromatic heterocycles. The largest absolute Gasteiger partial charge is 0.395 e. The van der Waals surface area contributed by atoms with Gasteiger partial charge in [0.15, 0.2) is 0 Å². The molecule has 0 aliphatic carbocycles. The minimum Gasteiger partial charge on any atom is -0.395 e. The van der Waals surface area contributed by atoms with Gasteiger partial charge in [-0.3, -0.25) is 9.11 Å². The third kappa shape index (κ3) is 11.8. The van der Waals surface area contributed by atoms with Crippen LogP contribution >= 0.6 is 0 Å². The summed E-state index contributed by atoms with van der Waals surface area (Å²) in [5, 5.41) is 19.1. The molecule has 6 N–H and O–H groups in total. The second kappa shape index (κ2) is 10.5. The molecule has 0 aliphatic rings. The molecular formula is C10H19N3O6S. The van der Waals surface area contributed by atoms with Gasteiger partial charge in [-0.1, -0.05) is 18.2 Å². The highest BCUT2D eigenvalue weighted by atomic mass is 32.3. The lowest BCUT2D eigenvalue weighted by Crippen LogP contribution is -2.50. The number of nitrogens with zero attached hydrogens (tertiary/aromatic N) is 1. The van der Waals surface area contributed by atoms with Crippen molar-refractivity contribution in [1.82, 2.24) is 10.9 Å². The van der Waals surface area contributed by atoms with Crippen LogP contribution < -0.4 is 16.0 Å². The average molecular weight is 309 g/mol. The van der Waals surface area contributed by atoms with Gasteiger partial charge in [-0.25, -0.2) is 16.0 Å². The molecule has 0 bridgehead atoms. The molecule has 0 aliphatic heterocycles. The molecule has 10 heteroatoms. The van der Waals surface area contributed by atoms with Crippen LogP contribution in [0.2, 0.25) is 0 Å². The molecule has 0 fully saturated rings. The number of aliphatic hydroxyl groups is 2. The third-order valence-electron chi connectivity index (χ3n) is 1.78. The molecule has 0 spiro atoms. The maximum Gasteiger partial charge on any atom is 0.394 e. The van der Waals surface area contributed by atoms with Crippen molar-refractivity contribution in [1.29, 1.82) is 0 Å². The Morgan fingerprint density at radius 3 is 1.70 bits per heavy atom. The molecule has 0 atom stereocenters. The predicted octanol–water partition coefficient (Wildman–Crippen LogP) is -1.17. The maximum absolute atomic E-state index is 8.74. The van der Waals surface area contributed by atoms with E-state index in [-0.39, 0.29) is 13.2 Å². The van der Waals surface area contributed by atoms with Gasteiger partial charge in [0.2, 0.25) is 0 Å². The van der Waals surface area contributed by atoms with Crippen LogP contribution in [0.4, 0.5) is 5.69 Å². The van der Waals surface area contributed by atoms with Gasteiger partial charge in [0.25, 0.3) is 0 Å². The minimum absolute atomic E-state index is 0.0597. The summed E-state index contributed by atoms with van der Waals surface area (Å²) in [6.07, 6.45) is 0. The Bertz CT molecular complexity index is 426. The van der Waals surface area contributed by atoms with Crippen molar-refractivity contribution in [2.24, 2.45) is 0 Å². The molecule has 9 nitrogen and oxygen atoms in total. The Morgan fingerprint density at radius 2 is 1.35 bits per heavy atom. The van der Waals surface area contributed by atoms with Crippen molar-refractivity contribution < 1.29 is 27.7 Å². The van der Waals surface area contributed by atoms with Crippen LogP contribution in [-0.4, -0.2) is 54.0 Å². The van der Waals surface area contributed by atoms with Crippen LogP contribution in [0.1, 0.15) is 0 Å². The van der Waals surface area contributed by atoms with Crippen molar-refractivity contribution in [3.8, 4) is 0 Å². The number of nitrogens with one attached hydrogen (secondary N) is 2. The zero-order valence-corrected chi connectivity index (χ0v) is 11.5. The highest BCUT2D eigenvalue weighted by Crippen LogP contribution is 2.07. The van der Waals surface area contributed by atoms with Gasteiger partial charge in [0.1, 0.15) is 0 Å². The minimum atomic E-state index is -4.67. The number of hydrogen-bond acceptors (Lipinski definition) is 7. The summed E-state index contributed by atoms with van der Waals surface area (Å²) in [6.45, 7) is 1.02. The van der Waals surface area contributed by atoms with E-state index in [2.05, 4.69) is 10.9 Å². The molecule has 1 aromatic carbocycles. The van der Waals surface area contributed by atoms with E-state index in [0.29, 0.717) is 13.1 Å². The number of hydrogen-bond donors (Lipinski definition) is 6. The predicted molar refractivity (Wildman–Crippen MR) is 73.3 cm³/mol. The Hall–Kier alpha value is -1.27. The summed E-state index contributed by atoms with van der Waals surface area (Å²) >= 11 is 0. The number of anilines is 1. The molecule has 20 heavy (non-hydrogen) atoms. The number of hydrazine groups is 2. The Morgan fingerprint density at radius 1 is 0.950 bits per heavy atom. The van der Waals surface area contributed by atoms with E-state index in [9.17, 15) is 0 Å². The fraction of sp³-hybridized carbons (Fsp3) is 0.400. The molecule has 0 unspecified atom stereocenters. The van der Waals surface area contributed by atoms with Gasteiger partial charge in [0, 0.05) is 13.1 Å². The van der Waals surface area contributed by atoms with Crippen molar-refractivity contribution in [3.63, 3.8) is 0 Å². The number of benzene rings is 1. The lowest BCUT2D eigenvalue weighted by Gasteiger charge is -2.25. The van der Waals surface area contributed by atoms with Crippen LogP contribution in [0.25, 0.3) is 0 Å². The van der Waals surface area contributed by atoms with E-state index in [1.807, 2.05) is 30.3 Å². The molecule has 116 valence electrons. The van der Waals surface area contributed by atoms with Gasteiger partial charge < -0.3 is 10.2 Å². The first-order valence-electron chi connectivity index (χ1n) is 5.62. The van der Waals surface area contributed by atoms with Crippen LogP contribution in [0.3, 0.4) is 0 Å². The Labute approximate surface area is 117 Å². The summed E-state index contributed by atoms with van der Waals surface area (Å²) in [5.41, 5.74) is 6.89. The van der Waals surface area contributed by atoms with E-state index < -0.39 is 10.4 Å². The molecule has 0 saturated heterocycles. The van der Waals surface area contributed by atoms with Crippen LogP contribution in [0.5, 0.6) is 0 Å². The highest BCUT2D eigenvalue weighted by molar-refractivity contribution is 7.79. The van der Waals surface area contributed by atoms with Gasteiger partial charge in [0.05, 0.1) is 18.9 Å². The second-order valence-corrected chi connectivity index (χ2v) is 4.28. The third-order valence-corrected chi connectivity index (χ3v) is 1.78. The van der Waals surface area contributed by atoms with Crippen molar-refractivity contribution in [3.05, 3.63) is 30.3 Å². The topological polar surface area (TPSA) is 142 Å². The zero-order valence-electron chi connectivity index (χ0n) is 10.7. The smallest absolute Gasteiger partial charge is 0.394 e. The highest BCUT2D eigenvalue weighted by Gasteiger charge is 2.02. The Balaban J connectivity index is 0.000000621. The van der Waals surface area contributed by atoms with Crippen molar-refractivity contribution >= 4 is 16.1 Å².